The number of nitrogens with two attached hydrogens (primary N) is 1. The summed E-state index contributed by atoms with van der Waals surface area (Å²) in [5.74, 6) is -1.48. The monoisotopic (exact) mass is 539 g/mol. The molecule has 200 valence electrons. The molecule has 0 spiro atoms. The van der Waals surface area contributed by atoms with Gasteiger partial charge in [-0.2, -0.15) is 0 Å². The minimum absolute atomic E-state index is 0.0275. The first kappa shape index (κ1) is 28.6. The van der Waals surface area contributed by atoms with Crippen LogP contribution in [0.4, 0.5) is 4.39 Å². The number of fused-ring (bicyclic) bond motifs is 1. The lowest BCUT2D eigenvalue weighted by Crippen LogP contribution is -2.45. The van der Waals surface area contributed by atoms with Crippen LogP contribution in [-0.4, -0.2) is 52.9 Å². The lowest BCUT2D eigenvalue weighted by atomic mass is 10.1. The Labute approximate surface area is 226 Å². The molecule has 0 aliphatic rings. The van der Waals surface area contributed by atoms with Crippen LogP contribution in [0, 0.1) is 5.82 Å². The molecular weight excluding hydrogens is 509 g/mol. The second-order valence-electron chi connectivity index (χ2n) is 9.09. The molecule has 0 atom stereocenters. The summed E-state index contributed by atoms with van der Waals surface area (Å²) in [5, 5.41) is 3.29. The first-order valence-corrected chi connectivity index (χ1v) is 12.4. The van der Waals surface area contributed by atoms with E-state index in [1.807, 2.05) is 12.1 Å². The van der Waals surface area contributed by atoms with Gasteiger partial charge in [0.05, 0.1) is 11.6 Å². The van der Waals surface area contributed by atoms with Gasteiger partial charge in [0.2, 0.25) is 11.8 Å². The molecule has 0 saturated heterocycles. The summed E-state index contributed by atoms with van der Waals surface area (Å²) in [6.07, 6.45) is 4.89. The zero-order valence-electron chi connectivity index (χ0n) is 21.8. The largest absolute Gasteiger partial charge is 0.398 e. The van der Waals surface area contributed by atoms with Crippen LogP contribution < -0.4 is 11.1 Å². The molecule has 0 fully saturated rings. The molecule has 0 bridgehead atoms. The summed E-state index contributed by atoms with van der Waals surface area (Å²) in [5.41, 5.74) is 8.75. The Morgan fingerprint density at radius 3 is 2.63 bits per heavy atom. The van der Waals surface area contributed by atoms with E-state index in [0.717, 1.165) is 5.56 Å². The molecule has 0 saturated carbocycles. The number of Topliss-reactive ketones (excluding diaryl/α,β-unsaturated/α-hetero) is 1. The standard InChI is InChI=1S/C28H31ClFN5O3/c1-17(2)35(15-26(37)33-13-20-6-5-7-23(29)28(20)30)27(38)16-34-14-22(18(3)36)21-12-19(8-9-25(21)34)24(31)10-11-32-4/h5-12,14,17H,13,15-16,31H2,1-4H3,(H,33,37). The maximum atomic E-state index is 14.1. The Hall–Kier alpha value is -3.98. The topological polar surface area (TPSA) is 110 Å². The van der Waals surface area contributed by atoms with Crippen LogP contribution in [0.15, 0.2) is 53.7 Å². The third-order valence-electron chi connectivity index (χ3n) is 6.07. The van der Waals surface area contributed by atoms with E-state index in [-0.39, 0.29) is 48.0 Å². The van der Waals surface area contributed by atoms with Gasteiger partial charge < -0.3 is 20.5 Å². The Bertz CT molecular complexity index is 1430. The minimum atomic E-state index is -0.592. The summed E-state index contributed by atoms with van der Waals surface area (Å²) >= 11 is 5.80. The fraction of sp³-hybridized carbons (Fsp3) is 0.286. The Kier molecular flexibility index (Phi) is 9.41. The van der Waals surface area contributed by atoms with E-state index in [2.05, 4.69) is 10.3 Å². The summed E-state index contributed by atoms with van der Waals surface area (Å²) in [6, 6.07) is 9.71. The molecule has 0 radical (unpaired) electrons. The van der Waals surface area contributed by atoms with Gasteiger partial charge >= 0.3 is 0 Å². The predicted octanol–water partition coefficient (Wildman–Crippen LogP) is 4.19. The van der Waals surface area contributed by atoms with Crippen molar-refractivity contribution in [2.24, 2.45) is 10.7 Å². The Morgan fingerprint density at radius 2 is 1.97 bits per heavy atom. The zero-order chi connectivity index (χ0) is 28.0. The minimum Gasteiger partial charge on any atom is -0.398 e. The lowest BCUT2D eigenvalue weighted by Gasteiger charge is -2.26. The van der Waals surface area contributed by atoms with Crippen molar-refractivity contribution >= 4 is 52.0 Å². The van der Waals surface area contributed by atoms with Crippen molar-refractivity contribution in [1.29, 1.82) is 0 Å². The number of allylic oxidation sites excluding steroid dienone is 1. The Morgan fingerprint density at radius 1 is 1.24 bits per heavy atom. The van der Waals surface area contributed by atoms with Gasteiger partial charge in [0.25, 0.3) is 0 Å². The van der Waals surface area contributed by atoms with Crippen LogP contribution in [0.1, 0.15) is 42.3 Å². The number of hydrogen-bond acceptors (Lipinski definition) is 5. The highest BCUT2D eigenvalue weighted by Gasteiger charge is 2.22. The number of ketones is 1. The highest BCUT2D eigenvalue weighted by molar-refractivity contribution is 6.30. The zero-order valence-corrected chi connectivity index (χ0v) is 22.6. The molecule has 10 heteroatoms. The number of nitrogens with one attached hydrogen (secondary N) is 1. The van der Waals surface area contributed by atoms with Gasteiger partial charge in [-0.1, -0.05) is 29.8 Å². The van der Waals surface area contributed by atoms with E-state index in [9.17, 15) is 18.8 Å². The van der Waals surface area contributed by atoms with Crippen LogP contribution in [0.2, 0.25) is 5.02 Å². The molecule has 2 aromatic carbocycles. The van der Waals surface area contributed by atoms with Gasteiger partial charge in [-0.25, -0.2) is 4.39 Å². The van der Waals surface area contributed by atoms with E-state index in [1.165, 1.54) is 24.0 Å². The fourth-order valence-electron chi connectivity index (χ4n) is 4.02. The average molecular weight is 540 g/mol. The molecule has 3 N–H and O–H groups in total. The van der Waals surface area contributed by atoms with Gasteiger partial charge in [-0.15, -0.1) is 0 Å². The van der Waals surface area contributed by atoms with Crippen molar-refractivity contribution in [2.45, 2.75) is 39.9 Å². The number of carbonyl (C=O) groups excluding carboxylic acids is 3. The van der Waals surface area contributed by atoms with Gasteiger partial charge in [0, 0.05) is 59.8 Å². The predicted molar refractivity (Wildman–Crippen MR) is 149 cm³/mol. The van der Waals surface area contributed by atoms with Crippen molar-refractivity contribution < 1.29 is 18.8 Å². The number of carbonyl (C=O) groups is 3. The lowest BCUT2D eigenvalue weighted by molar-refractivity contribution is -0.138. The summed E-state index contributed by atoms with van der Waals surface area (Å²) in [4.78, 5) is 43.6. The normalized spacial score (nSPS) is 11.9. The molecule has 1 aromatic heterocycles. The maximum absolute atomic E-state index is 14.1. The third kappa shape index (κ3) is 6.66. The smallest absolute Gasteiger partial charge is 0.243 e. The third-order valence-corrected chi connectivity index (χ3v) is 6.36. The highest BCUT2D eigenvalue weighted by atomic mass is 35.5. The van der Waals surface area contributed by atoms with Gasteiger partial charge in [0.15, 0.2) is 5.78 Å². The molecule has 8 nitrogen and oxygen atoms in total. The number of amides is 2. The average Bonchev–Trinajstić information content (AvgIpc) is 3.24. The molecule has 3 aromatic rings. The van der Waals surface area contributed by atoms with Gasteiger partial charge in [-0.3, -0.25) is 19.4 Å². The van der Waals surface area contributed by atoms with Gasteiger partial charge in [-0.05, 0) is 50.6 Å². The molecule has 3 rings (SSSR count). The van der Waals surface area contributed by atoms with Crippen LogP contribution >= 0.6 is 11.6 Å². The number of nitrogens with zero attached hydrogens (tertiary/aromatic N) is 3. The summed E-state index contributed by atoms with van der Waals surface area (Å²) < 4.78 is 15.8. The van der Waals surface area contributed by atoms with Crippen molar-refractivity contribution in [3.8, 4) is 0 Å². The molecule has 2 amide bonds. The number of aromatic nitrogens is 1. The second-order valence-corrected chi connectivity index (χ2v) is 9.50. The second kappa shape index (κ2) is 12.5. The Balaban J connectivity index is 1.80. The SMILES string of the molecule is CN=CC=C(N)c1ccc2c(c1)c(C(C)=O)cn2CC(=O)N(CC(=O)NCc1cccc(Cl)c1F)C(C)C. The quantitative estimate of drug-likeness (QED) is 0.297. The number of halogens is 2. The van der Waals surface area contributed by atoms with Crippen LogP contribution in [0.25, 0.3) is 16.6 Å². The first-order chi connectivity index (χ1) is 18.0. The highest BCUT2D eigenvalue weighted by Crippen LogP contribution is 2.26. The number of benzene rings is 2. The molecule has 0 aliphatic carbocycles. The van der Waals surface area contributed by atoms with Crippen molar-refractivity contribution in [3.05, 3.63) is 76.2 Å². The van der Waals surface area contributed by atoms with E-state index in [0.29, 0.717) is 22.2 Å². The van der Waals surface area contributed by atoms with E-state index in [1.54, 1.807) is 56.1 Å². The molecule has 38 heavy (non-hydrogen) atoms. The van der Waals surface area contributed by atoms with Crippen LogP contribution in [0.5, 0.6) is 0 Å². The van der Waals surface area contributed by atoms with E-state index in [4.69, 9.17) is 17.3 Å². The van der Waals surface area contributed by atoms with E-state index < -0.39 is 11.7 Å². The molecule has 1 heterocycles. The molecule has 0 unspecified atom stereocenters. The number of hydrogen-bond donors (Lipinski definition) is 2. The summed E-state index contributed by atoms with van der Waals surface area (Å²) in [6.45, 7) is 4.73. The number of aliphatic imine (C=N–C) groups is 1. The molecule has 0 aliphatic heterocycles. The van der Waals surface area contributed by atoms with Crippen molar-refractivity contribution in [2.75, 3.05) is 13.6 Å². The first-order valence-electron chi connectivity index (χ1n) is 12.0. The van der Waals surface area contributed by atoms with Crippen LogP contribution in [-0.2, 0) is 22.7 Å². The molecular formula is C28H31ClFN5O3. The van der Waals surface area contributed by atoms with E-state index >= 15 is 0 Å². The fourth-order valence-corrected chi connectivity index (χ4v) is 4.22. The maximum Gasteiger partial charge on any atom is 0.243 e. The summed E-state index contributed by atoms with van der Waals surface area (Å²) in [7, 11) is 1.64. The van der Waals surface area contributed by atoms with Crippen LogP contribution in [0.3, 0.4) is 0 Å². The van der Waals surface area contributed by atoms with Crippen molar-refractivity contribution in [1.82, 2.24) is 14.8 Å². The van der Waals surface area contributed by atoms with Gasteiger partial charge in [0.1, 0.15) is 12.4 Å². The number of rotatable bonds is 10. The van der Waals surface area contributed by atoms with Crippen molar-refractivity contribution in [3.63, 3.8) is 0 Å².